The lowest BCUT2D eigenvalue weighted by Crippen LogP contribution is -2.14. The molecule has 2 aromatic heterocycles. The highest BCUT2D eigenvalue weighted by Gasteiger charge is 2.35. The molecule has 0 N–H and O–H groups in total. The van der Waals surface area contributed by atoms with Gasteiger partial charge in [0, 0.05) is 38.6 Å². The van der Waals surface area contributed by atoms with E-state index in [1.54, 1.807) is 0 Å². The predicted molar refractivity (Wildman–Crippen MR) is 241 cm³/mol. The normalized spacial score (nSPS) is 12.8. The molecule has 11 rings (SSSR count). The van der Waals surface area contributed by atoms with Crippen LogP contribution in [0.4, 0.5) is 0 Å². The summed E-state index contributed by atoms with van der Waals surface area (Å²) in [5.74, 6) is 0.707. The van der Waals surface area contributed by atoms with Crippen LogP contribution in [0.1, 0.15) is 25.0 Å². The van der Waals surface area contributed by atoms with Crippen LogP contribution in [0.3, 0.4) is 0 Å². The molecule has 2 heterocycles. The number of hydrogen-bond donors (Lipinski definition) is 0. The molecule has 0 radical (unpaired) electrons. The molecule has 0 saturated heterocycles. The van der Waals surface area contributed by atoms with Crippen molar-refractivity contribution in [2.24, 2.45) is 0 Å². The molecule has 0 unspecified atom stereocenters. The van der Waals surface area contributed by atoms with Crippen LogP contribution in [0.2, 0.25) is 0 Å². The van der Waals surface area contributed by atoms with Gasteiger partial charge in [-0.25, -0.2) is 9.97 Å². The molecule has 1 aliphatic carbocycles. The zero-order valence-corrected chi connectivity index (χ0v) is 32.4. The molecule has 58 heavy (non-hydrogen) atoms. The fourth-order valence-electron chi connectivity index (χ4n) is 9.07. The quantitative estimate of drug-likeness (QED) is 0.170. The minimum absolute atomic E-state index is 0.115. The second-order valence-corrected chi connectivity index (χ2v) is 15.8. The molecule has 0 atom stereocenters. The van der Waals surface area contributed by atoms with Gasteiger partial charge >= 0.3 is 0 Å². The minimum Gasteiger partial charge on any atom is -0.309 e. The Labute approximate surface area is 338 Å². The van der Waals surface area contributed by atoms with Crippen LogP contribution in [-0.4, -0.2) is 14.5 Å². The van der Waals surface area contributed by atoms with Crippen LogP contribution in [0, 0.1) is 0 Å². The van der Waals surface area contributed by atoms with Crippen molar-refractivity contribution in [3.63, 3.8) is 0 Å². The van der Waals surface area contributed by atoms with Gasteiger partial charge in [0.05, 0.1) is 22.4 Å². The van der Waals surface area contributed by atoms with Gasteiger partial charge in [-0.15, -0.1) is 0 Å². The van der Waals surface area contributed by atoms with Crippen molar-refractivity contribution in [2.45, 2.75) is 19.3 Å². The smallest absolute Gasteiger partial charge is 0.160 e. The lowest BCUT2D eigenvalue weighted by molar-refractivity contribution is 0.660. The fraction of sp³-hybridized carbons (Fsp3) is 0.0545. The molecule has 10 aromatic rings. The molecule has 0 saturated carbocycles. The van der Waals surface area contributed by atoms with Gasteiger partial charge in [-0.3, -0.25) is 0 Å². The van der Waals surface area contributed by atoms with Gasteiger partial charge in [0.2, 0.25) is 0 Å². The monoisotopic (exact) mass is 741 g/mol. The summed E-state index contributed by atoms with van der Waals surface area (Å²) in [5.41, 5.74) is 18.2. The third-order valence-corrected chi connectivity index (χ3v) is 12.0. The molecule has 274 valence electrons. The molecule has 3 heteroatoms. The van der Waals surface area contributed by atoms with Crippen molar-refractivity contribution < 1.29 is 0 Å². The van der Waals surface area contributed by atoms with E-state index in [-0.39, 0.29) is 5.41 Å². The second-order valence-electron chi connectivity index (χ2n) is 15.8. The van der Waals surface area contributed by atoms with Crippen molar-refractivity contribution in [2.75, 3.05) is 0 Å². The Morgan fingerprint density at radius 3 is 1.53 bits per heavy atom. The second kappa shape index (κ2) is 13.4. The fourth-order valence-corrected chi connectivity index (χ4v) is 9.07. The number of rotatable bonds is 6. The van der Waals surface area contributed by atoms with E-state index in [1.807, 2.05) is 6.07 Å². The Kier molecular flexibility index (Phi) is 7.84. The maximum Gasteiger partial charge on any atom is 0.160 e. The first-order valence-electron chi connectivity index (χ1n) is 20.0. The first kappa shape index (κ1) is 33.9. The number of fused-ring (bicyclic) bond motifs is 6. The van der Waals surface area contributed by atoms with Gasteiger partial charge < -0.3 is 4.57 Å². The van der Waals surface area contributed by atoms with Crippen LogP contribution in [0.25, 0.3) is 94.8 Å². The summed E-state index contributed by atoms with van der Waals surface area (Å²) in [6.07, 6.45) is 0. The van der Waals surface area contributed by atoms with E-state index >= 15 is 0 Å². The molecule has 0 amide bonds. The first-order chi connectivity index (χ1) is 28.5. The Morgan fingerprint density at radius 1 is 0.362 bits per heavy atom. The largest absolute Gasteiger partial charge is 0.309 e. The van der Waals surface area contributed by atoms with E-state index in [0.717, 1.165) is 56.0 Å². The Morgan fingerprint density at radius 2 is 0.862 bits per heavy atom. The topological polar surface area (TPSA) is 30.7 Å². The zero-order valence-electron chi connectivity index (χ0n) is 32.4. The summed E-state index contributed by atoms with van der Waals surface area (Å²) >= 11 is 0. The van der Waals surface area contributed by atoms with Gasteiger partial charge in [0.15, 0.2) is 5.82 Å². The van der Waals surface area contributed by atoms with E-state index in [1.165, 1.54) is 44.1 Å². The molecule has 0 aliphatic heterocycles. The van der Waals surface area contributed by atoms with Gasteiger partial charge in [0.25, 0.3) is 0 Å². The molecule has 1 aliphatic rings. The number of para-hydroxylation sites is 2. The predicted octanol–water partition coefficient (Wildman–Crippen LogP) is 14.2. The Hall–Kier alpha value is -7.36. The van der Waals surface area contributed by atoms with Gasteiger partial charge in [0.1, 0.15) is 0 Å². The highest BCUT2D eigenvalue weighted by molar-refractivity contribution is 6.09. The van der Waals surface area contributed by atoms with Crippen LogP contribution in [0.5, 0.6) is 0 Å². The average molecular weight is 742 g/mol. The number of benzene rings is 8. The van der Waals surface area contributed by atoms with Crippen LogP contribution < -0.4 is 0 Å². The molecular formula is C55H39N3. The van der Waals surface area contributed by atoms with E-state index in [2.05, 4.69) is 213 Å². The summed E-state index contributed by atoms with van der Waals surface area (Å²) in [4.78, 5) is 10.5. The van der Waals surface area contributed by atoms with Crippen molar-refractivity contribution >= 4 is 21.8 Å². The minimum atomic E-state index is -0.115. The number of hydrogen-bond acceptors (Lipinski definition) is 2. The van der Waals surface area contributed by atoms with Crippen LogP contribution >= 0.6 is 0 Å². The number of aromatic nitrogens is 3. The summed E-state index contributed by atoms with van der Waals surface area (Å²) in [5, 5.41) is 2.52. The maximum absolute atomic E-state index is 5.29. The Balaban J connectivity index is 1.06. The third-order valence-electron chi connectivity index (χ3n) is 12.0. The zero-order chi connectivity index (χ0) is 38.8. The third kappa shape index (κ3) is 5.58. The summed E-state index contributed by atoms with van der Waals surface area (Å²) in [6.45, 7) is 4.66. The van der Waals surface area contributed by atoms with E-state index < -0.39 is 0 Å². The van der Waals surface area contributed by atoms with Crippen molar-refractivity contribution in [3.05, 3.63) is 211 Å². The van der Waals surface area contributed by atoms with Crippen LogP contribution in [0.15, 0.2) is 200 Å². The van der Waals surface area contributed by atoms with Gasteiger partial charge in [-0.2, -0.15) is 0 Å². The van der Waals surface area contributed by atoms with Crippen molar-refractivity contribution in [3.8, 4) is 73.0 Å². The molecule has 0 spiro atoms. The molecule has 3 nitrogen and oxygen atoms in total. The molecular weight excluding hydrogens is 703 g/mol. The summed E-state index contributed by atoms with van der Waals surface area (Å²) in [7, 11) is 0. The SMILES string of the molecule is CC1(C)c2ccccc2-c2ccc(-c3cc(-c4cc(-c5ccccc5)cc(-c5ccc(-n6c7ccccc7c7ccccc76)cc5)c4)nc(-c4ccccc4)n3)cc21. The van der Waals surface area contributed by atoms with Crippen molar-refractivity contribution in [1.29, 1.82) is 0 Å². The standard InChI is InChI=1S/C55H39N3/c1-55(2)48-22-12-9-19-44(48)45-30-27-39(34-49(45)55)50-35-51(57-54(56-50)38-17-7-4-8-18-38)42-32-40(36-15-5-3-6-16-36)31-41(33-42)37-25-28-43(29-26-37)58-52-23-13-10-20-46(52)47-21-11-14-24-53(47)58/h3-35H,1-2H3. The molecule has 0 fully saturated rings. The molecule has 0 bridgehead atoms. The van der Waals surface area contributed by atoms with E-state index in [0.29, 0.717) is 5.82 Å². The highest BCUT2D eigenvalue weighted by Crippen LogP contribution is 2.49. The van der Waals surface area contributed by atoms with Gasteiger partial charge in [-0.05, 0) is 99.1 Å². The average Bonchev–Trinajstić information content (AvgIpc) is 3.75. The summed E-state index contributed by atoms with van der Waals surface area (Å²) < 4.78 is 2.37. The van der Waals surface area contributed by atoms with Gasteiger partial charge in [-0.1, -0.05) is 159 Å². The lowest BCUT2D eigenvalue weighted by atomic mass is 9.82. The maximum atomic E-state index is 5.29. The summed E-state index contributed by atoms with van der Waals surface area (Å²) in [6, 6.07) is 71.9. The van der Waals surface area contributed by atoms with Crippen LogP contribution in [-0.2, 0) is 5.41 Å². The van der Waals surface area contributed by atoms with E-state index in [4.69, 9.17) is 9.97 Å². The van der Waals surface area contributed by atoms with E-state index in [9.17, 15) is 0 Å². The lowest BCUT2D eigenvalue weighted by Gasteiger charge is -2.22. The number of nitrogens with zero attached hydrogens (tertiary/aromatic N) is 3. The molecule has 8 aromatic carbocycles. The first-order valence-corrected chi connectivity index (χ1v) is 20.0. The Bertz CT molecular complexity index is 3120. The van der Waals surface area contributed by atoms with Crippen molar-refractivity contribution in [1.82, 2.24) is 14.5 Å². The highest BCUT2D eigenvalue weighted by atomic mass is 15.0.